The van der Waals surface area contributed by atoms with Crippen LogP contribution in [-0.2, 0) is 16.0 Å². The van der Waals surface area contributed by atoms with Gasteiger partial charge in [-0.1, -0.05) is 36.4 Å². The molecule has 10 nitrogen and oxygen atoms in total. The monoisotopic (exact) mass is 503 g/mol. The summed E-state index contributed by atoms with van der Waals surface area (Å²) in [6.07, 6.45) is 0.960. The predicted molar refractivity (Wildman–Crippen MR) is 137 cm³/mol. The topological polar surface area (TPSA) is 139 Å². The second-order valence-corrected chi connectivity index (χ2v) is 8.92. The fourth-order valence-corrected chi connectivity index (χ4v) is 4.40. The number of carbonyl (C=O) groups is 3. The van der Waals surface area contributed by atoms with E-state index in [9.17, 15) is 19.5 Å². The normalized spacial score (nSPS) is 14.2. The minimum atomic E-state index is -1.05. The Kier molecular flexibility index (Phi) is 7.66. The van der Waals surface area contributed by atoms with Gasteiger partial charge in [-0.25, -0.2) is 4.98 Å². The number of carboxylic acids is 1. The summed E-state index contributed by atoms with van der Waals surface area (Å²) >= 11 is 0. The van der Waals surface area contributed by atoms with E-state index in [-0.39, 0.29) is 30.7 Å². The molecule has 37 heavy (non-hydrogen) atoms. The summed E-state index contributed by atoms with van der Waals surface area (Å²) in [5.41, 5.74) is 8.78. The number of nitrogens with two attached hydrogens (primary N) is 1. The van der Waals surface area contributed by atoms with Crippen molar-refractivity contribution in [2.75, 3.05) is 30.8 Å². The molecule has 0 aliphatic carbocycles. The van der Waals surface area contributed by atoms with Crippen LogP contribution in [0, 0.1) is 6.92 Å². The Labute approximate surface area is 214 Å². The molecular formula is C27H29N5O5. The molecule has 0 spiro atoms. The Morgan fingerprint density at radius 3 is 2.59 bits per heavy atom. The van der Waals surface area contributed by atoms with Crippen molar-refractivity contribution in [2.24, 2.45) is 0 Å². The maximum Gasteiger partial charge on any atom is 0.305 e. The Balaban J connectivity index is 1.55. The van der Waals surface area contributed by atoms with Gasteiger partial charge in [-0.3, -0.25) is 14.4 Å². The Morgan fingerprint density at radius 2 is 1.89 bits per heavy atom. The lowest BCUT2D eigenvalue weighted by molar-refractivity contribution is -0.138. The molecule has 0 bridgehead atoms. The second kappa shape index (κ2) is 11.1. The second-order valence-electron chi connectivity index (χ2n) is 8.92. The first-order valence-corrected chi connectivity index (χ1v) is 11.9. The van der Waals surface area contributed by atoms with Crippen molar-refractivity contribution < 1.29 is 24.2 Å². The molecule has 1 aromatic heterocycles. The molecule has 1 unspecified atom stereocenters. The third-order valence-electron chi connectivity index (χ3n) is 6.23. The third kappa shape index (κ3) is 6.03. The van der Waals surface area contributed by atoms with Crippen LogP contribution < -0.4 is 15.4 Å². The summed E-state index contributed by atoms with van der Waals surface area (Å²) in [7, 11) is 1.62. The molecule has 4 rings (SSSR count). The Bertz CT molecular complexity index is 1290. The summed E-state index contributed by atoms with van der Waals surface area (Å²) in [4.78, 5) is 49.3. The number of hydrogen-bond acceptors (Lipinski definition) is 7. The standard InChI is InChI=1S/C27H29N5O5/c1-17-13-23(30-27(28)29-17)37-12-6-7-18-10-11-21-20(14-18)26(36)32(16-24(33)31(21)2)22(15-25(34)35)19-8-4-3-5-9-19/h3-5,8-11,13-14,22H,6-7,12,15-16H2,1-2H3,(H,34,35)(H2,28,29,30). The quantitative estimate of drug-likeness (QED) is 0.425. The molecule has 2 heterocycles. The van der Waals surface area contributed by atoms with E-state index < -0.39 is 12.0 Å². The lowest BCUT2D eigenvalue weighted by Gasteiger charge is -2.29. The van der Waals surface area contributed by atoms with Gasteiger partial charge in [0.2, 0.25) is 17.7 Å². The smallest absolute Gasteiger partial charge is 0.305 e. The maximum absolute atomic E-state index is 13.8. The molecule has 10 heteroatoms. The van der Waals surface area contributed by atoms with Gasteiger partial charge in [0.05, 0.1) is 30.3 Å². The van der Waals surface area contributed by atoms with Gasteiger partial charge < -0.3 is 25.4 Å². The summed E-state index contributed by atoms with van der Waals surface area (Å²) < 4.78 is 5.69. The average molecular weight is 504 g/mol. The van der Waals surface area contributed by atoms with Gasteiger partial charge in [-0.15, -0.1) is 0 Å². The van der Waals surface area contributed by atoms with E-state index >= 15 is 0 Å². The molecule has 0 saturated carbocycles. The highest BCUT2D eigenvalue weighted by atomic mass is 16.5. The zero-order valence-corrected chi connectivity index (χ0v) is 20.8. The van der Waals surface area contributed by atoms with Crippen LogP contribution >= 0.6 is 0 Å². The largest absolute Gasteiger partial charge is 0.481 e. The number of ether oxygens (including phenoxy) is 1. The zero-order chi connectivity index (χ0) is 26.5. The molecule has 0 radical (unpaired) electrons. The fourth-order valence-electron chi connectivity index (χ4n) is 4.40. The molecule has 1 atom stereocenters. The maximum atomic E-state index is 13.8. The number of benzene rings is 2. The molecular weight excluding hydrogens is 474 g/mol. The number of aromatic nitrogens is 2. The van der Waals surface area contributed by atoms with E-state index in [0.717, 1.165) is 5.56 Å². The zero-order valence-electron chi connectivity index (χ0n) is 20.8. The highest BCUT2D eigenvalue weighted by Gasteiger charge is 2.35. The van der Waals surface area contributed by atoms with E-state index in [4.69, 9.17) is 10.5 Å². The number of amides is 2. The van der Waals surface area contributed by atoms with E-state index in [2.05, 4.69) is 9.97 Å². The first-order valence-electron chi connectivity index (χ1n) is 11.9. The minimum Gasteiger partial charge on any atom is -0.481 e. The molecule has 0 saturated heterocycles. The van der Waals surface area contributed by atoms with E-state index in [0.29, 0.717) is 47.8 Å². The lowest BCUT2D eigenvalue weighted by Crippen LogP contribution is -2.40. The van der Waals surface area contributed by atoms with Gasteiger partial charge in [-0.2, -0.15) is 4.98 Å². The molecule has 192 valence electrons. The van der Waals surface area contributed by atoms with Crippen LogP contribution in [0.3, 0.4) is 0 Å². The number of hydrogen-bond donors (Lipinski definition) is 2. The third-order valence-corrected chi connectivity index (χ3v) is 6.23. The molecule has 3 N–H and O–H groups in total. The van der Waals surface area contributed by atoms with Gasteiger partial charge in [0.1, 0.15) is 6.54 Å². The summed E-state index contributed by atoms with van der Waals surface area (Å²) in [5.74, 6) is -1.17. The van der Waals surface area contributed by atoms with Crippen LogP contribution in [0.2, 0.25) is 0 Å². The molecule has 3 aromatic rings. The van der Waals surface area contributed by atoms with Crippen LogP contribution in [0.1, 0.15) is 46.1 Å². The van der Waals surface area contributed by atoms with Crippen LogP contribution in [0.5, 0.6) is 5.88 Å². The first kappa shape index (κ1) is 25.6. The predicted octanol–water partition coefficient (Wildman–Crippen LogP) is 3.01. The van der Waals surface area contributed by atoms with Crippen molar-refractivity contribution in [3.05, 3.63) is 77.0 Å². The lowest BCUT2D eigenvalue weighted by atomic mass is 9.99. The van der Waals surface area contributed by atoms with Gasteiger partial charge in [0, 0.05) is 18.8 Å². The summed E-state index contributed by atoms with van der Waals surface area (Å²) in [6.45, 7) is 1.98. The Morgan fingerprint density at radius 1 is 1.14 bits per heavy atom. The van der Waals surface area contributed by atoms with Crippen LogP contribution in [0.15, 0.2) is 54.6 Å². The van der Waals surface area contributed by atoms with Crippen molar-refractivity contribution in [2.45, 2.75) is 32.2 Å². The first-order chi connectivity index (χ1) is 17.7. The number of anilines is 2. The number of carboxylic acid groups (broad SMARTS) is 1. The number of fused-ring (bicyclic) bond motifs is 1. The van der Waals surface area contributed by atoms with Crippen LogP contribution in [0.25, 0.3) is 0 Å². The Hall–Kier alpha value is -4.47. The molecule has 2 aromatic carbocycles. The van der Waals surface area contributed by atoms with Crippen molar-refractivity contribution >= 4 is 29.4 Å². The highest BCUT2D eigenvalue weighted by Crippen LogP contribution is 2.32. The van der Waals surface area contributed by atoms with Crippen LogP contribution in [-0.4, -0.2) is 58.0 Å². The number of aryl methyl sites for hydroxylation is 2. The van der Waals surface area contributed by atoms with Gasteiger partial charge in [-0.05, 0) is 43.0 Å². The summed E-state index contributed by atoms with van der Waals surface area (Å²) in [6, 6.07) is 15.3. The van der Waals surface area contributed by atoms with Crippen molar-refractivity contribution in [3.8, 4) is 5.88 Å². The van der Waals surface area contributed by atoms with Crippen molar-refractivity contribution in [1.29, 1.82) is 0 Å². The number of nitrogens with zero attached hydrogens (tertiary/aromatic N) is 4. The minimum absolute atomic E-state index is 0.152. The molecule has 0 fully saturated rings. The molecule has 1 aliphatic heterocycles. The number of likely N-dealkylation sites (N-methyl/N-ethyl adjacent to an activating group) is 1. The fraction of sp³-hybridized carbons (Fsp3) is 0.296. The van der Waals surface area contributed by atoms with E-state index in [1.54, 1.807) is 49.5 Å². The number of rotatable bonds is 9. The number of aliphatic carboxylic acids is 1. The highest BCUT2D eigenvalue weighted by molar-refractivity contribution is 6.09. The van der Waals surface area contributed by atoms with Gasteiger partial charge in [0.25, 0.3) is 5.91 Å². The number of nitrogen functional groups attached to an aromatic ring is 1. The molecule has 1 aliphatic rings. The van der Waals surface area contributed by atoms with Gasteiger partial charge in [0.15, 0.2) is 0 Å². The summed E-state index contributed by atoms with van der Waals surface area (Å²) in [5, 5.41) is 9.56. The SMILES string of the molecule is Cc1cc(OCCCc2ccc3c(c2)C(=O)N(C(CC(=O)O)c2ccccc2)CC(=O)N3C)nc(N)n1. The average Bonchev–Trinajstić information content (AvgIpc) is 2.95. The number of carbonyl (C=O) groups excluding carboxylic acids is 2. The van der Waals surface area contributed by atoms with Crippen molar-refractivity contribution in [3.63, 3.8) is 0 Å². The van der Waals surface area contributed by atoms with Crippen LogP contribution in [0.4, 0.5) is 11.6 Å². The van der Waals surface area contributed by atoms with Gasteiger partial charge >= 0.3 is 5.97 Å². The van der Waals surface area contributed by atoms with Crippen molar-refractivity contribution in [1.82, 2.24) is 14.9 Å². The van der Waals surface area contributed by atoms with E-state index in [1.807, 2.05) is 19.1 Å². The molecule has 2 amide bonds. The van der Waals surface area contributed by atoms with E-state index in [1.165, 1.54) is 9.80 Å².